The van der Waals surface area contributed by atoms with Crippen molar-refractivity contribution in [3.8, 4) is 0 Å². The van der Waals surface area contributed by atoms with Crippen molar-refractivity contribution in [1.29, 1.82) is 0 Å². The number of amidine groups is 1. The summed E-state index contributed by atoms with van der Waals surface area (Å²) in [6.07, 6.45) is 1.05. The minimum absolute atomic E-state index is 0.259. The monoisotopic (exact) mass is 256 g/mol. The zero-order chi connectivity index (χ0) is 13.1. The Balaban J connectivity index is 3.25. The molecule has 0 aliphatic heterocycles. The normalized spacial score (nSPS) is 12.6. The molecule has 0 atom stereocenters. The lowest BCUT2D eigenvalue weighted by Gasteiger charge is -2.18. The maximum absolute atomic E-state index is 11.2. The van der Waals surface area contributed by atoms with Crippen molar-refractivity contribution in [2.45, 2.75) is 6.92 Å². The van der Waals surface area contributed by atoms with Crippen molar-refractivity contribution < 1.29 is 13.3 Å². The third kappa shape index (κ3) is 4.16. The van der Waals surface area contributed by atoms with Gasteiger partial charge in [0.25, 0.3) is 10.0 Å². The molecule has 0 fully saturated rings. The first kappa shape index (κ1) is 13.7. The molecule has 0 aromatic heterocycles. The van der Waals surface area contributed by atoms with Crippen LogP contribution in [0.25, 0.3) is 0 Å². The maximum Gasteiger partial charge on any atom is 0.252 e. The van der Waals surface area contributed by atoms with Crippen LogP contribution >= 0.6 is 0 Å². The predicted octanol–water partition coefficient (Wildman–Crippen LogP) is 1.19. The number of sulfonamides is 1. The van der Waals surface area contributed by atoms with E-state index in [1.54, 1.807) is 19.2 Å². The SMILES string of the molecule is CON(C)/C(=N\S(C)(=O)=O)c1ccc(C)cc1. The first-order chi connectivity index (χ1) is 7.83. The van der Waals surface area contributed by atoms with Crippen LogP contribution in [0, 0.1) is 6.92 Å². The quantitative estimate of drug-likeness (QED) is 0.463. The Morgan fingerprint density at radius 2 is 1.82 bits per heavy atom. The fourth-order valence-corrected chi connectivity index (χ4v) is 1.77. The summed E-state index contributed by atoms with van der Waals surface area (Å²) in [5.74, 6) is 0.259. The number of nitrogens with zero attached hydrogens (tertiary/aromatic N) is 2. The molecule has 0 amide bonds. The zero-order valence-electron chi connectivity index (χ0n) is 10.3. The van der Waals surface area contributed by atoms with Crippen molar-refractivity contribution in [2.75, 3.05) is 20.4 Å². The lowest BCUT2D eigenvalue weighted by molar-refractivity contribution is -0.0408. The van der Waals surface area contributed by atoms with E-state index >= 15 is 0 Å². The molecule has 94 valence electrons. The lowest BCUT2D eigenvalue weighted by atomic mass is 10.1. The molecule has 0 radical (unpaired) electrons. The highest BCUT2D eigenvalue weighted by atomic mass is 32.2. The molecule has 0 spiro atoms. The minimum atomic E-state index is -3.47. The predicted molar refractivity (Wildman–Crippen MR) is 67.3 cm³/mol. The van der Waals surface area contributed by atoms with Crippen LogP contribution in [0.4, 0.5) is 0 Å². The number of hydrogen-bond acceptors (Lipinski definition) is 3. The van der Waals surface area contributed by atoms with Crippen molar-refractivity contribution in [3.05, 3.63) is 35.4 Å². The van der Waals surface area contributed by atoms with Gasteiger partial charge in [0.05, 0.1) is 13.4 Å². The maximum atomic E-state index is 11.2. The van der Waals surface area contributed by atoms with Gasteiger partial charge in [-0.15, -0.1) is 4.40 Å². The zero-order valence-corrected chi connectivity index (χ0v) is 11.2. The molecule has 0 aliphatic carbocycles. The minimum Gasteiger partial charge on any atom is -0.276 e. The van der Waals surface area contributed by atoms with E-state index in [4.69, 9.17) is 4.84 Å². The van der Waals surface area contributed by atoms with E-state index in [1.165, 1.54) is 12.2 Å². The molecule has 17 heavy (non-hydrogen) atoms. The molecular weight excluding hydrogens is 240 g/mol. The Morgan fingerprint density at radius 3 is 2.24 bits per heavy atom. The van der Waals surface area contributed by atoms with Crippen LogP contribution in [0.3, 0.4) is 0 Å². The van der Waals surface area contributed by atoms with Crippen LogP contribution in [0.15, 0.2) is 28.7 Å². The Hall–Kier alpha value is -1.40. The van der Waals surface area contributed by atoms with Gasteiger partial charge in [-0.1, -0.05) is 29.8 Å². The van der Waals surface area contributed by atoms with Crippen molar-refractivity contribution in [1.82, 2.24) is 5.06 Å². The van der Waals surface area contributed by atoms with Crippen LogP contribution in [0.5, 0.6) is 0 Å². The summed E-state index contributed by atoms with van der Waals surface area (Å²) in [4.78, 5) is 4.98. The average Bonchev–Trinajstić information content (AvgIpc) is 2.25. The van der Waals surface area contributed by atoms with Gasteiger partial charge in [0.1, 0.15) is 0 Å². The summed E-state index contributed by atoms with van der Waals surface area (Å²) in [6, 6.07) is 7.37. The van der Waals surface area contributed by atoms with E-state index in [9.17, 15) is 8.42 Å². The summed E-state index contributed by atoms with van der Waals surface area (Å²) in [5.41, 5.74) is 1.78. The number of hydroxylamine groups is 2. The molecule has 1 rings (SSSR count). The fraction of sp³-hybridized carbons (Fsp3) is 0.364. The van der Waals surface area contributed by atoms with E-state index in [0.29, 0.717) is 5.56 Å². The van der Waals surface area contributed by atoms with E-state index in [0.717, 1.165) is 11.8 Å². The van der Waals surface area contributed by atoms with Crippen LogP contribution < -0.4 is 0 Å². The highest BCUT2D eigenvalue weighted by molar-refractivity contribution is 7.89. The summed E-state index contributed by atoms with van der Waals surface area (Å²) in [5, 5.41) is 1.31. The van der Waals surface area contributed by atoms with Crippen LogP contribution in [-0.4, -0.2) is 39.7 Å². The molecule has 0 saturated heterocycles. The lowest BCUT2D eigenvalue weighted by Crippen LogP contribution is -2.27. The number of hydrogen-bond donors (Lipinski definition) is 0. The standard InChI is InChI=1S/C11H16N2O3S/c1-9-5-7-10(8-6-9)11(13(2)16-3)12-17(4,14)15/h5-8H,1-4H3/b12-11-. The Bertz CT molecular complexity index is 506. The number of aryl methyl sites for hydroxylation is 1. The molecule has 0 N–H and O–H groups in total. The van der Waals surface area contributed by atoms with E-state index in [-0.39, 0.29) is 5.84 Å². The Morgan fingerprint density at radius 1 is 1.29 bits per heavy atom. The molecule has 0 unspecified atom stereocenters. The summed E-state index contributed by atoms with van der Waals surface area (Å²) >= 11 is 0. The second-order valence-electron chi connectivity index (χ2n) is 3.69. The summed E-state index contributed by atoms with van der Waals surface area (Å²) < 4.78 is 26.1. The number of rotatable bonds is 3. The highest BCUT2D eigenvalue weighted by Gasteiger charge is 2.12. The Kier molecular flexibility index (Phi) is 4.25. The molecule has 0 saturated carbocycles. The molecule has 1 aromatic carbocycles. The fourth-order valence-electron chi connectivity index (χ4n) is 1.24. The van der Waals surface area contributed by atoms with Gasteiger partial charge in [-0.05, 0) is 6.92 Å². The summed E-state index contributed by atoms with van der Waals surface area (Å²) in [7, 11) is -0.419. The van der Waals surface area contributed by atoms with E-state index in [1.807, 2.05) is 19.1 Å². The third-order valence-electron chi connectivity index (χ3n) is 2.13. The molecule has 5 nitrogen and oxygen atoms in total. The molecule has 0 aliphatic rings. The second kappa shape index (κ2) is 5.29. The van der Waals surface area contributed by atoms with Gasteiger partial charge >= 0.3 is 0 Å². The Labute approximate surface area is 102 Å². The van der Waals surface area contributed by atoms with Gasteiger partial charge in [-0.2, -0.15) is 0 Å². The van der Waals surface area contributed by atoms with Crippen LogP contribution in [0.2, 0.25) is 0 Å². The second-order valence-corrected chi connectivity index (χ2v) is 5.34. The average molecular weight is 256 g/mol. The first-order valence-corrected chi connectivity index (χ1v) is 6.83. The van der Waals surface area contributed by atoms with Gasteiger partial charge in [-0.3, -0.25) is 4.84 Å². The molecular formula is C11H16N2O3S. The van der Waals surface area contributed by atoms with Gasteiger partial charge in [0.15, 0.2) is 5.84 Å². The summed E-state index contributed by atoms with van der Waals surface area (Å²) in [6.45, 7) is 1.96. The van der Waals surface area contributed by atoms with Gasteiger partial charge in [-0.25, -0.2) is 13.5 Å². The van der Waals surface area contributed by atoms with Crippen molar-refractivity contribution in [2.24, 2.45) is 4.40 Å². The third-order valence-corrected chi connectivity index (χ3v) is 2.64. The number of benzene rings is 1. The van der Waals surface area contributed by atoms with E-state index < -0.39 is 10.0 Å². The van der Waals surface area contributed by atoms with Crippen LogP contribution in [-0.2, 0) is 14.9 Å². The largest absolute Gasteiger partial charge is 0.276 e. The molecule has 0 heterocycles. The topological polar surface area (TPSA) is 59.0 Å². The van der Waals surface area contributed by atoms with Gasteiger partial charge < -0.3 is 0 Å². The van der Waals surface area contributed by atoms with Gasteiger partial charge in [0, 0.05) is 12.6 Å². The van der Waals surface area contributed by atoms with Crippen LogP contribution in [0.1, 0.15) is 11.1 Å². The van der Waals surface area contributed by atoms with Crippen molar-refractivity contribution >= 4 is 15.9 Å². The van der Waals surface area contributed by atoms with Gasteiger partial charge in [0.2, 0.25) is 0 Å². The van der Waals surface area contributed by atoms with E-state index in [2.05, 4.69) is 4.40 Å². The molecule has 6 heteroatoms. The van der Waals surface area contributed by atoms with Crippen molar-refractivity contribution in [3.63, 3.8) is 0 Å². The first-order valence-electron chi connectivity index (χ1n) is 4.98. The molecule has 1 aromatic rings. The smallest absolute Gasteiger partial charge is 0.252 e. The molecule has 0 bridgehead atoms. The highest BCUT2D eigenvalue weighted by Crippen LogP contribution is 2.08.